The van der Waals surface area contributed by atoms with Gasteiger partial charge in [-0.15, -0.1) is 0 Å². The van der Waals surface area contributed by atoms with Crippen molar-refractivity contribution in [1.29, 1.82) is 0 Å². The number of aromatic amines is 1. The second kappa shape index (κ2) is 7.13. The van der Waals surface area contributed by atoms with Crippen molar-refractivity contribution in [3.8, 4) is 5.75 Å². The number of H-pyrrole nitrogens is 1. The Bertz CT molecular complexity index is 587. The molecule has 0 spiro atoms. The summed E-state index contributed by atoms with van der Waals surface area (Å²) < 4.78 is 11.4. The van der Waals surface area contributed by atoms with Crippen LogP contribution in [0.3, 0.4) is 0 Å². The lowest BCUT2D eigenvalue weighted by atomic mass is 10.1. The summed E-state index contributed by atoms with van der Waals surface area (Å²) in [6, 6.07) is 9.12. The summed E-state index contributed by atoms with van der Waals surface area (Å²) in [5, 5.41) is 2.84. The Morgan fingerprint density at radius 1 is 1.27 bits per heavy atom. The average Bonchev–Trinajstić information content (AvgIpc) is 3.10. The summed E-state index contributed by atoms with van der Waals surface area (Å²) in [5.41, 5.74) is 1.35. The molecule has 116 valence electrons. The van der Waals surface area contributed by atoms with Crippen molar-refractivity contribution in [3.63, 3.8) is 0 Å². The van der Waals surface area contributed by atoms with Crippen molar-refractivity contribution >= 4 is 11.6 Å². The number of benzene rings is 1. The van der Waals surface area contributed by atoms with E-state index in [1.54, 1.807) is 18.5 Å². The quantitative estimate of drug-likeness (QED) is 0.891. The maximum atomic E-state index is 11.9. The molecular formula is C17H20N2O3. The number of ether oxygens (including phenoxy) is 2. The van der Waals surface area contributed by atoms with Crippen molar-refractivity contribution in [2.45, 2.75) is 25.4 Å². The molecule has 5 heteroatoms. The molecule has 1 fully saturated rings. The van der Waals surface area contributed by atoms with E-state index in [1.807, 2.05) is 24.3 Å². The molecule has 1 aliphatic rings. The van der Waals surface area contributed by atoms with Gasteiger partial charge >= 0.3 is 0 Å². The minimum atomic E-state index is -0.134. The first kappa shape index (κ1) is 14.7. The van der Waals surface area contributed by atoms with Crippen LogP contribution in [-0.4, -0.2) is 30.2 Å². The van der Waals surface area contributed by atoms with Gasteiger partial charge in [0.15, 0.2) is 0 Å². The zero-order chi connectivity index (χ0) is 15.2. The predicted octanol–water partition coefficient (Wildman–Crippen LogP) is 3.21. The minimum absolute atomic E-state index is 0.134. The molecule has 0 bridgehead atoms. The fourth-order valence-electron chi connectivity index (χ4n) is 2.43. The van der Waals surface area contributed by atoms with Crippen LogP contribution in [0.25, 0.3) is 0 Å². The highest BCUT2D eigenvalue weighted by Crippen LogP contribution is 2.19. The van der Waals surface area contributed by atoms with Crippen LogP contribution in [0.4, 0.5) is 5.69 Å². The van der Waals surface area contributed by atoms with Crippen LogP contribution in [0.5, 0.6) is 5.75 Å². The fourth-order valence-corrected chi connectivity index (χ4v) is 2.43. The molecule has 1 aromatic heterocycles. The highest BCUT2D eigenvalue weighted by atomic mass is 16.5. The molecule has 2 heterocycles. The molecule has 2 aromatic rings. The van der Waals surface area contributed by atoms with Crippen LogP contribution >= 0.6 is 0 Å². The lowest BCUT2D eigenvalue weighted by Gasteiger charge is -2.22. The van der Waals surface area contributed by atoms with Crippen LogP contribution in [0.2, 0.25) is 0 Å². The van der Waals surface area contributed by atoms with Gasteiger partial charge < -0.3 is 19.8 Å². The normalized spacial score (nSPS) is 17.9. The number of rotatable bonds is 5. The highest BCUT2D eigenvalue weighted by molar-refractivity contribution is 6.04. The lowest BCUT2D eigenvalue weighted by molar-refractivity contribution is -0.0110. The van der Waals surface area contributed by atoms with Crippen LogP contribution in [0.15, 0.2) is 42.7 Å². The largest absolute Gasteiger partial charge is 0.491 e. The molecule has 0 radical (unpaired) electrons. The van der Waals surface area contributed by atoms with E-state index in [2.05, 4.69) is 10.3 Å². The smallest absolute Gasteiger partial charge is 0.257 e. The Morgan fingerprint density at radius 2 is 2.14 bits per heavy atom. The van der Waals surface area contributed by atoms with Gasteiger partial charge in [-0.05, 0) is 49.6 Å². The molecule has 2 N–H and O–H groups in total. The van der Waals surface area contributed by atoms with Crippen molar-refractivity contribution in [2.75, 3.05) is 18.5 Å². The van der Waals surface area contributed by atoms with Crippen LogP contribution < -0.4 is 10.1 Å². The molecular weight excluding hydrogens is 280 g/mol. The third kappa shape index (κ3) is 3.89. The third-order valence-electron chi connectivity index (χ3n) is 3.68. The Kier molecular flexibility index (Phi) is 4.75. The first-order valence-corrected chi connectivity index (χ1v) is 7.60. The Labute approximate surface area is 129 Å². The number of anilines is 1. The van der Waals surface area contributed by atoms with E-state index in [1.165, 1.54) is 6.42 Å². The van der Waals surface area contributed by atoms with Crippen LogP contribution in [0, 0.1) is 0 Å². The summed E-state index contributed by atoms with van der Waals surface area (Å²) in [6.45, 7) is 1.41. The fraction of sp³-hybridized carbons (Fsp3) is 0.353. The molecule has 0 aliphatic carbocycles. The van der Waals surface area contributed by atoms with Crippen molar-refractivity contribution in [1.82, 2.24) is 4.98 Å². The van der Waals surface area contributed by atoms with Gasteiger partial charge in [0, 0.05) is 24.7 Å². The Balaban J connectivity index is 1.50. The summed E-state index contributed by atoms with van der Waals surface area (Å²) in [4.78, 5) is 14.8. The zero-order valence-electron chi connectivity index (χ0n) is 12.4. The van der Waals surface area contributed by atoms with Gasteiger partial charge in [0.05, 0.1) is 11.7 Å². The SMILES string of the molecule is O=C(Nc1ccc(OCC2CCCCO2)cc1)c1cc[nH]c1. The van der Waals surface area contributed by atoms with Gasteiger partial charge in [-0.1, -0.05) is 0 Å². The number of amides is 1. The number of hydrogen-bond acceptors (Lipinski definition) is 3. The van der Waals surface area contributed by atoms with E-state index in [0.717, 1.165) is 30.9 Å². The molecule has 22 heavy (non-hydrogen) atoms. The predicted molar refractivity (Wildman–Crippen MR) is 84.3 cm³/mol. The zero-order valence-corrected chi connectivity index (χ0v) is 12.4. The van der Waals surface area contributed by atoms with Crippen molar-refractivity contribution in [2.24, 2.45) is 0 Å². The maximum Gasteiger partial charge on any atom is 0.257 e. The number of nitrogens with one attached hydrogen (secondary N) is 2. The average molecular weight is 300 g/mol. The maximum absolute atomic E-state index is 11.9. The van der Waals surface area contributed by atoms with Gasteiger partial charge in [0.2, 0.25) is 0 Å². The summed E-state index contributed by atoms with van der Waals surface area (Å²) in [6.07, 6.45) is 6.99. The summed E-state index contributed by atoms with van der Waals surface area (Å²) >= 11 is 0. The number of aromatic nitrogens is 1. The molecule has 1 atom stereocenters. The van der Waals surface area contributed by atoms with E-state index < -0.39 is 0 Å². The molecule has 0 saturated carbocycles. The highest BCUT2D eigenvalue weighted by Gasteiger charge is 2.14. The number of carbonyl (C=O) groups is 1. The molecule has 1 aromatic carbocycles. The first-order valence-electron chi connectivity index (χ1n) is 7.60. The van der Waals surface area contributed by atoms with Crippen LogP contribution in [-0.2, 0) is 4.74 Å². The molecule has 1 aliphatic heterocycles. The number of hydrogen-bond donors (Lipinski definition) is 2. The van der Waals surface area contributed by atoms with Crippen LogP contribution in [0.1, 0.15) is 29.6 Å². The van der Waals surface area contributed by atoms with Gasteiger partial charge in [0.1, 0.15) is 12.4 Å². The Hall–Kier alpha value is -2.27. The monoisotopic (exact) mass is 300 g/mol. The lowest BCUT2D eigenvalue weighted by Crippen LogP contribution is -2.25. The van der Waals surface area contributed by atoms with Gasteiger partial charge in [0.25, 0.3) is 5.91 Å². The van der Waals surface area contributed by atoms with Gasteiger partial charge in [-0.25, -0.2) is 0 Å². The number of carbonyl (C=O) groups excluding carboxylic acids is 1. The van der Waals surface area contributed by atoms with Crippen molar-refractivity contribution in [3.05, 3.63) is 48.3 Å². The molecule has 1 amide bonds. The minimum Gasteiger partial charge on any atom is -0.491 e. The van der Waals surface area contributed by atoms with E-state index in [4.69, 9.17) is 9.47 Å². The topological polar surface area (TPSA) is 63.4 Å². The molecule has 1 saturated heterocycles. The molecule has 1 unspecified atom stereocenters. The van der Waals surface area contributed by atoms with E-state index >= 15 is 0 Å². The second-order valence-electron chi connectivity index (χ2n) is 5.38. The first-order chi connectivity index (χ1) is 10.8. The van der Waals surface area contributed by atoms with E-state index in [-0.39, 0.29) is 12.0 Å². The van der Waals surface area contributed by atoms with E-state index in [9.17, 15) is 4.79 Å². The van der Waals surface area contributed by atoms with E-state index in [0.29, 0.717) is 12.2 Å². The standard InChI is InChI=1S/C17H20N2O3/c20-17(13-8-9-18-11-13)19-14-4-6-15(7-5-14)22-12-16-3-1-2-10-21-16/h4-9,11,16,18H,1-3,10,12H2,(H,19,20). The van der Waals surface area contributed by atoms with Gasteiger partial charge in [-0.2, -0.15) is 0 Å². The third-order valence-corrected chi connectivity index (χ3v) is 3.68. The summed E-state index contributed by atoms with van der Waals surface area (Å²) in [5.74, 6) is 0.652. The summed E-state index contributed by atoms with van der Waals surface area (Å²) in [7, 11) is 0. The Morgan fingerprint density at radius 3 is 2.82 bits per heavy atom. The van der Waals surface area contributed by atoms with Gasteiger partial charge in [-0.3, -0.25) is 4.79 Å². The molecule has 5 nitrogen and oxygen atoms in total. The molecule has 3 rings (SSSR count). The van der Waals surface area contributed by atoms with Crippen molar-refractivity contribution < 1.29 is 14.3 Å². The second-order valence-corrected chi connectivity index (χ2v) is 5.38.